The van der Waals surface area contributed by atoms with Crippen molar-refractivity contribution in [3.8, 4) is 0 Å². The van der Waals surface area contributed by atoms with Gasteiger partial charge in [0.15, 0.2) is 5.41 Å². The molecule has 6 heteroatoms. The lowest BCUT2D eigenvalue weighted by Crippen LogP contribution is -2.40. The van der Waals surface area contributed by atoms with E-state index in [0.717, 1.165) is 10.6 Å². The Morgan fingerprint density at radius 3 is 2.44 bits per heavy atom. The molecule has 0 fully saturated rings. The number of esters is 1. The molecule has 100 valence electrons. The maximum absolute atomic E-state index is 11.8. The summed E-state index contributed by atoms with van der Waals surface area (Å²) in [6.07, 6.45) is 0.0561. The zero-order valence-corrected chi connectivity index (χ0v) is 11.8. The molecule has 0 saturated heterocycles. The number of aromatic nitrogens is 1. The summed E-state index contributed by atoms with van der Waals surface area (Å²) < 4.78 is 4.83. The monoisotopic (exact) mass is 271 g/mol. The number of aryl methyl sites for hydroxylation is 2. The fourth-order valence-electron chi connectivity index (χ4n) is 1.44. The zero-order chi connectivity index (χ0) is 13.9. The first kappa shape index (κ1) is 14.6. The van der Waals surface area contributed by atoms with Crippen molar-refractivity contribution < 1.29 is 19.4 Å². The van der Waals surface area contributed by atoms with E-state index in [9.17, 15) is 14.7 Å². The van der Waals surface area contributed by atoms with E-state index in [2.05, 4.69) is 4.98 Å². The van der Waals surface area contributed by atoms with E-state index in [1.54, 1.807) is 6.92 Å². The highest BCUT2D eigenvalue weighted by atomic mass is 32.1. The van der Waals surface area contributed by atoms with Crippen molar-refractivity contribution in [3.05, 3.63) is 15.6 Å². The minimum Gasteiger partial charge on any atom is -0.480 e. The Bertz CT molecular complexity index is 449. The summed E-state index contributed by atoms with van der Waals surface area (Å²) >= 11 is 1.41. The fraction of sp³-hybridized carbons (Fsp3) is 0.583. The number of ether oxygens (including phenoxy) is 1. The van der Waals surface area contributed by atoms with Crippen molar-refractivity contribution in [3.63, 3.8) is 0 Å². The Kier molecular flexibility index (Phi) is 4.45. The topological polar surface area (TPSA) is 76.5 Å². The third-order valence-electron chi connectivity index (χ3n) is 2.78. The summed E-state index contributed by atoms with van der Waals surface area (Å²) in [7, 11) is 0. The van der Waals surface area contributed by atoms with Crippen LogP contribution in [0.2, 0.25) is 0 Å². The zero-order valence-electron chi connectivity index (χ0n) is 10.9. The number of carboxylic acid groups (broad SMARTS) is 1. The van der Waals surface area contributed by atoms with Crippen LogP contribution in [0.15, 0.2) is 0 Å². The number of nitrogens with zero attached hydrogens (tertiary/aromatic N) is 1. The quantitative estimate of drug-likeness (QED) is 0.654. The average Bonchev–Trinajstić information content (AvgIpc) is 2.57. The lowest BCUT2D eigenvalue weighted by molar-refractivity contribution is -0.167. The number of carboxylic acids is 1. The van der Waals surface area contributed by atoms with Crippen LogP contribution in [0, 0.1) is 19.3 Å². The van der Waals surface area contributed by atoms with Crippen molar-refractivity contribution >= 4 is 23.3 Å². The van der Waals surface area contributed by atoms with Crippen molar-refractivity contribution in [2.24, 2.45) is 5.41 Å². The van der Waals surface area contributed by atoms with Crippen LogP contribution in [0.1, 0.15) is 29.4 Å². The summed E-state index contributed by atoms with van der Waals surface area (Å²) in [5.74, 6) is -1.91. The third-order valence-corrected chi connectivity index (χ3v) is 3.85. The van der Waals surface area contributed by atoms with E-state index >= 15 is 0 Å². The summed E-state index contributed by atoms with van der Waals surface area (Å²) in [5, 5.41) is 9.88. The molecule has 1 heterocycles. The second kappa shape index (κ2) is 5.48. The maximum Gasteiger partial charge on any atom is 0.323 e. The molecule has 0 bridgehead atoms. The molecule has 0 aliphatic heterocycles. The van der Waals surface area contributed by atoms with E-state index in [4.69, 9.17) is 4.74 Å². The van der Waals surface area contributed by atoms with Gasteiger partial charge in [-0.25, -0.2) is 4.98 Å². The van der Waals surface area contributed by atoms with Gasteiger partial charge in [-0.05, 0) is 27.7 Å². The molecule has 1 N–H and O–H groups in total. The van der Waals surface area contributed by atoms with E-state index in [1.165, 1.54) is 18.3 Å². The second-order valence-corrected chi connectivity index (χ2v) is 5.57. The molecule has 1 unspecified atom stereocenters. The van der Waals surface area contributed by atoms with Crippen LogP contribution in [-0.2, 0) is 20.7 Å². The van der Waals surface area contributed by atoms with Crippen LogP contribution >= 0.6 is 11.3 Å². The van der Waals surface area contributed by atoms with E-state index in [0.29, 0.717) is 5.01 Å². The summed E-state index contributed by atoms with van der Waals surface area (Å²) in [5.41, 5.74) is -0.709. The van der Waals surface area contributed by atoms with E-state index in [-0.39, 0.29) is 13.0 Å². The second-order valence-electron chi connectivity index (χ2n) is 4.28. The number of thiazole rings is 1. The molecule has 1 aromatic rings. The highest BCUT2D eigenvalue weighted by Gasteiger charge is 2.44. The van der Waals surface area contributed by atoms with Crippen LogP contribution in [0.5, 0.6) is 0 Å². The standard InChI is InChI=1S/C12H17NO4S/c1-5-17-11(16)12(4,10(14)15)6-9-13-7(2)8(3)18-9/h5-6H2,1-4H3,(H,14,15). The highest BCUT2D eigenvalue weighted by molar-refractivity contribution is 7.11. The van der Waals surface area contributed by atoms with Gasteiger partial charge >= 0.3 is 11.9 Å². The fourth-order valence-corrected chi connectivity index (χ4v) is 2.53. The maximum atomic E-state index is 11.8. The molecular weight excluding hydrogens is 254 g/mol. The molecule has 1 aromatic heterocycles. The lowest BCUT2D eigenvalue weighted by Gasteiger charge is -2.21. The molecule has 0 saturated carbocycles. The van der Waals surface area contributed by atoms with E-state index < -0.39 is 17.4 Å². The van der Waals surface area contributed by atoms with Gasteiger partial charge in [-0.1, -0.05) is 0 Å². The van der Waals surface area contributed by atoms with Gasteiger partial charge in [0, 0.05) is 11.3 Å². The number of carbonyl (C=O) groups is 2. The Hall–Kier alpha value is -1.43. The van der Waals surface area contributed by atoms with Gasteiger partial charge in [-0.3, -0.25) is 9.59 Å². The molecule has 0 aliphatic rings. The first-order valence-corrected chi connectivity index (χ1v) is 6.46. The largest absolute Gasteiger partial charge is 0.480 e. The van der Waals surface area contributed by atoms with Gasteiger partial charge in [0.1, 0.15) is 0 Å². The Labute approximate surface area is 110 Å². The normalized spacial score (nSPS) is 14.0. The SMILES string of the molecule is CCOC(=O)C(C)(Cc1nc(C)c(C)s1)C(=O)O. The smallest absolute Gasteiger partial charge is 0.323 e. The highest BCUT2D eigenvalue weighted by Crippen LogP contribution is 2.28. The molecule has 0 spiro atoms. The predicted octanol–water partition coefficient (Wildman–Crippen LogP) is 1.96. The number of aliphatic carboxylic acids is 1. The Morgan fingerprint density at radius 2 is 2.06 bits per heavy atom. The van der Waals surface area contributed by atoms with Crippen LogP contribution < -0.4 is 0 Å². The average molecular weight is 271 g/mol. The summed E-state index contributed by atoms with van der Waals surface area (Å²) in [6, 6.07) is 0. The Balaban J connectivity index is 2.99. The summed E-state index contributed by atoms with van der Waals surface area (Å²) in [4.78, 5) is 28.4. The van der Waals surface area contributed by atoms with Gasteiger partial charge in [0.2, 0.25) is 0 Å². The van der Waals surface area contributed by atoms with Crippen LogP contribution in [0.3, 0.4) is 0 Å². The minimum absolute atomic E-state index is 0.0561. The van der Waals surface area contributed by atoms with Crippen molar-refractivity contribution in [2.75, 3.05) is 6.61 Å². The van der Waals surface area contributed by atoms with E-state index in [1.807, 2.05) is 13.8 Å². The minimum atomic E-state index is -1.58. The van der Waals surface area contributed by atoms with Crippen molar-refractivity contribution in [1.82, 2.24) is 4.98 Å². The molecule has 18 heavy (non-hydrogen) atoms. The summed E-state index contributed by atoms with van der Waals surface area (Å²) in [6.45, 7) is 6.96. The number of hydrogen-bond acceptors (Lipinski definition) is 5. The number of rotatable bonds is 5. The molecule has 0 aliphatic carbocycles. The van der Waals surface area contributed by atoms with Gasteiger partial charge in [-0.2, -0.15) is 0 Å². The van der Waals surface area contributed by atoms with Crippen molar-refractivity contribution in [2.45, 2.75) is 34.1 Å². The molecular formula is C12H17NO4S. The molecule has 0 aromatic carbocycles. The van der Waals surface area contributed by atoms with Crippen LogP contribution in [-0.4, -0.2) is 28.6 Å². The lowest BCUT2D eigenvalue weighted by atomic mass is 9.87. The van der Waals surface area contributed by atoms with Gasteiger partial charge in [0.25, 0.3) is 0 Å². The number of carbonyl (C=O) groups excluding carboxylic acids is 1. The first-order valence-electron chi connectivity index (χ1n) is 5.64. The van der Waals surface area contributed by atoms with Gasteiger partial charge < -0.3 is 9.84 Å². The molecule has 1 atom stereocenters. The Morgan fingerprint density at radius 1 is 1.44 bits per heavy atom. The first-order chi connectivity index (χ1) is 8.31. The predicted molar refractivity (Wildman–Crippen MR) is 67.7 cm³/mol. The molecule has 5 nitrogen and oxygen atoms in total. The van der Waals surface area contributed by atoms with Gasteiger partial charge in [0.05, 0.1) is 17.3 Å². The number of hydrogen-bond donors (Lipinski definition) is 1. The molecule has 0 amide bonds. The van der Waals surface area contributed by atoms with Crippen LogP contribution in [0.4, 0.5) is 0 Å². The van der Waals surface area contributed by atoms with Crippen LogP contribution in [0.25, 0.3) is 0 Å². The third kappa shape index (κ3) is 2.87. The van der Waals surface area contributed by atoms with Gasteiger partial charge in [-0.15, -0.1) is 11.3 Å². The molecule has 1 rings (SSSR count). The molecule has 0 radical (unpaired) electrons. The van der Waals surface area contributed by atoms with Crippen molar-refractivity contribution in [1.29, 1.82) is 0 Å².